The fourth-order valence-electron chi connectivity index (χ4n) is 0.940. The Balaban J connectivity index is 2.43. The molecule has 0 spiro atoms. The second kappa shape index (κ2) is 2.83. The summed E-state index contributed by atoms with van der Waals surface area (Å²) in [7, 11) is 0. The maximum Gasteiger partial charge on any atom is 0.433 e. The van der Waals surface area contributed by atoms with Crippen LogP contribution in [-0.4, -0.2) is 20.1 Å². The van der Waals surface area contributed by atoms with Crippen LogP contribution in [0.2, 0.25) is 0 Å². The molecule has 2 aromatic rings. The van der Waals surface area contributed by atoms with Crippen molar-refractivity contribution in [2.24, 2.45) is 0 Å². The first-order chi connectivity index (χ1) is 6.66. The lowest BCUT2D eigenvalue weighted by molar-refractivity contribution is -0.401. The lowest BCUT2D eigenvalue weighted by Gasteiger charge is -1.85. The summed E-state index contributed by atoms with van der Waals surface area (Å²) < 4.78 is 4.79. The van der Waals surface area contributed by atoms with Crippen molar-refractivity contribution in [1.82, 2.24) is 15.2 Å². The van der Waals surface area contributed by atoms with Crippen LogP contribution in [0.1, 0.15) is 0 Å². The molecule has 0 radical (unpaired) electrons. The number of rotatable bonds is 2. The molecule has 8 nitrogen and oxygen atoms in total. The van der Waals surface area contributed by atoms with Gasteiger partial charge in [-0.2, -0.15) is 0 Å². The number of nitro groups is 1. The van der Waals surface area contributed by atoms with Gasteiger partial charge in [0.25, 0.3) is 0 Å². The smallest absolute Gasteiger partial charge is 0.397 e. The van der Waals surface area contributed by atoms with Crippen LogP contribution >= 0.6 is 0 Å². The van der Waals surface area contributed by atoms with Gasteiger partial charge in [-0.25, -0.2) is 9.89 Å². The Hall–Kier alpha value is -2.38. The quantitative estimate of drug-likeness (QED) is 0.527. The van der Waals surface area contributed by atoms with Gasteiger partial charge in [0.15, 0.2) is 11.6 Å². The zero-order valence-corrected chi connectivity index (χ0v) is 6.68. The molecule has 0 aliphatic carbocycles. The molecule has 0 unspecified atom stereocenters. The summed E-state index contributed by atoms with van der Waals surface area (Å²) in [6, 6.07) is 2.53. The van der Waals surface area contributed by atoms with E-state index in [0.29, 0.717) is 0 Å². The third-order valence-electron chi connectivity index (χ3n) is 1.51. The highest BCUT2D eigenvalue weighted by Crippen LogP contribution is 2.21. The van der Waals surface area contributed by atoms with E-state index in [4.69, 9.17) is 4.42 Å². The molecular formula is C6H4N4O4. The molecular weight excluding hydrogens is 192 g/mol. The number of nitrogens with zero attached hydrogens (tertiary/aromatic N) is 2. The van der Waals surface area contributed by atoms with Gasteiger partial charge in [-0.3, -0.25) is 15.1 Å². The maximum atomic E-state index is 10.7. The predicted octanol–water partition coefficient (Wildman–Crippen LogP) is 0.266. The molecule has 2 N–H and O–H groups in total. The van der Waals surface area contributed by atoms with Crippen molar-refractivity contribution in [2.75, 3.05) is 0 Å². The molecule has 8 heteroatoms. The first kappa shape index (κ1) is 8.23. The van der Waals surface area contributed by atoms with Crippen molar-refractivity contribution in [3.63, 3.8) is 0 Å². The number of H-pyrrole nitrogens is 2. The van der Waals surface area contributed by atoms with Gasteiger partial charge in [-0.15, -0.1) is 5.10 Å². The van der Waals surface area contributed by atoms with E-state index in [-0.39, 0.29) is 11.6 Å². The Kier molecular flexibility index (Phi) is 1.67. The van der Waals surface area contributed by atoms with E-state index in [1.54, 1.807) is 0 Å². The molecule has 2 aromatic heterocycles. The molecule has 14 heavy (non-hydrogen) atoms. The molecule has 2 heterocycles. The molecule has 0 fully saturated rings. The second-order valence-electron chi connectivity index (χ2n) is 2.42. The van der Waals surface area contributed by atoms with Crippen molar-refractivity contribution in [3.8, 4) is 11.6 Å². The molecule has 0 aromatic carbocycles. The Morgan fingerprint density at radius 1 is 1.50 bits per heavy atom. The van der Waals surface area contributed by atoms with E-state index in [1.165, 1.54) is 12.1 Å². The van der Waals surface area contributed by atoms with E-state index < -0.39 is 16.5 Å². The number of furan rings is 1. The van der Waals surface area contributed by atoms with E-state index in [2.05, 4.69) is 15.2 Å². The fourth-order valence-corrected chi connectivity index (χ4v) is 0.940. The fraction of sp³-hybridized carbons (Fsp3) is 0. The summed E-state index contributed by atoms with van der Waals surface area (Å²) in [5.74, 6) is -0.137. The van der Waals surface area contributed by atoms with Crippen LogP contribution in [0, 0.1) is 10.1 Å². The zero-order valence-electron chi connectivity index (χ0n) is 6.68. The van der Waals surface area contributed by atoms with Crippen LogP contribution < -0.4 is 5.69 Å². The number of aromatic amines is 2. The standard InChI is InChI=1S/C6H4N4O4/c11-6-7-5(8-9-6)3-1-2-4(14-3)10(12)13/h1-2H,(H2,7,8,9,11). The highest BCUT2D eigenvalue weighted by Gasteiger charge is 2.14. The monoisotopic (exact) mass is 196 g/mol. The topological polar surface area (TPSA) is 118 Å². The van der Waals surface area contributed by atoms with E-state index in [9.17, 15) is 14.9 Å². The highest BCUT2D eigenvalue weighted by molar-refractivity contribution is 5.47. The number of nitrogens with one attached hydrogen (secondary N) is 2. The largest absolute Gasteiger partial charge is 0.433 e. The van der Waals surface area contributed by atoms with Crippen molar-refractivity contribution in [2.45, 2.75) is 0 Å². The molecule has 0 saturated carbocycles. The van der Waals surface area contributed by atoms with Crippen molar-refractivity contribution in [3.05, 3.63) is 32.7 Å². The van der Waals surface area contributed by atoms with Crippen LogP contribution in [0.4, 0.5) is 5.88 Å². The SMILES string of the molecule is O=c1[nH]nc(-c2ccc([N+](=O)[O-])o2)[nH]1. The first-order valence-corrected chi connectivity index (χ1v) is 3.56. The summed E-state index contributed by atoms with van der Waals surface area (Å²) in [4.78, 5) is 22.6. The van der Waals surface area contributed by atoms with Crippen molar-refractivity contribution < 1.29 is 9.34 Å². The van der Waals surface area contributed by atoms with Gasteiger partial charge in [-0.1, -0.05) is 0 Å². The van der Waals surface area contributed by atoms with Gasteiger partial charge in [0, 0.05) is 0 Å². The summed E-state index contributed by atoms with van der Waals surface area (Å²) in [5, 5.41) is 15.9. The number of aromatic nitrogens is 3. The molecule has 0 amide bonds. The van der Waals surface area contributed by atoms with Gasteiger partial charge in [0.1, 0.15) is 4.92 Å². The van der Waals surface area contributed by atoms with Gasteiger partial charge in [0.05, 0.1) is 6.07 Å². The normalized spacial score (nSPS) is 10.3. The van der Waals surface area contributed by atoms with E-state index in [1.807, 2.05) is 0 Å². The summed E-state index contributed by atoms with van der Waals surface area (Å²) in [6.45, 7) is 0. The van der Waals surface area contributed by atoms with Crippen LogP contribution in [-0.2, 0) is 0 Å². The summed E-state index contributed by atoms with van der Waals surface area (Å²) in [6.07, 6.45) is 0. The molecule has 0 atom stereocenters. The molecule has 0 aliphatic rings. The summed E-state index contributed by atoms with van der Waals surface area (Å²) in [5.41, 5.74) is -0.501. The molecule has 0 bridgehead atoms. The lowest BCUT2D eigenvalue weighted by Crippen LogP contribution is -2.00. The van der Waals surface area contributed by atoms with E-state index in [0.717, 1.165) is 0 Å². The maximum absolute atomic E-state index is 10.7. The molecule has 0 aliphatic heterocycles. The van der Waals surface area contributed by atoms with Crippen LogP contribution in [0.3, 0.4) is 0 Å². The Labute approximate surface area is 75.7 Å². The minimum absolute atomic E-state index is 0.128. The number of hydrogen-bond donors (Lipinski definition) is 2. The van der Waals surface area contributed by atoms with Gasteiger partial charge in [-0.05, 0) is 6.07 Å². The van der Waals surface area contributed by atoms with Gasteiger partial charge >= 0.3 is 11.6 Å². The Morgan fingerprint density at radius 2 is 2.29 bits per heavy atom. The highest BCUT2D eigenvalue weighted by atomic mass is 16.6. The minimum Gasteiger partial charge on any atom is -0.397 e. The minimum atomic E-state index is -0.672. The third-order valence-corrected chi connectivity index (χ3v) is 1.51. The van der Waals surface area contributed by atoms with E-state index >= 15 is 0 Å². The third kappa shape index (κ3) is 1.28. The lowest BCUT2D eigenvalue weighted by atomic mass is 10.4. The predicted molar refractivity (Wildman–Crippen MR) is 43.6 cm³/mol. The Morgan fingerprint density at radius 3 is 2.79 bits per heavy atom. The molecule has 72 valence electrons. The van der Waals surface area contributed by atoms with Crippen molar-refractivity contribution in [1.29, 1.82) is 0 Å². The average molecular weight is 196 g/mol. The number of hydrogen-bond acceptors (Lipinski definition) is 5. The van der Waals surface area contributed by atoms with Gasteiger partial charge < -0.3 is 4.42 Å². The van der Waals surface area contributed by atoms with Crippen LogP contribution in [0.25, 0.3) is 11.6 Å². The van der Waals surface area contributed by atoms with Gasteiger partial charge in [0.2, 0.25) is 0 Å². The molecule has 2 rings (SSSR count). The Bertz CT molecular complexity index is 522. The molecule has 0 saturated heterocycles. The second-order valence-corrected chi connectivity index (χ2v) is 2.42. The summed E-state index contributed by atoms with van der Waals surface area (Å²) >= 11 is 0. The first-order valence-electron chi connectivity index (χ1n) is 3.56. The average Bonchev–Trinajstić information content (AvgIpc) is 2.70. The zero-order chi connectivity index (χ0) is 10.1. The van der Waals surface area contributed by atoms with Crippen molar-refractivity contribution >= 4 is 5.88 Å². The van der Waals surface area contributed by atoms with Crippen LogP contribution in [0.5, 0.6) is 0 Å². The van der Waals surface area contributed by atoms with Crippen LogP contribution in [0.15, 0.2) is 21.3 Å².